The maximum Gasteiger partial charge on any atom is 0.310 e. The highest BCUT2D eigenvalue weighted by Gasteiger charge is 2.29. The monoisotopic (exact) mass is 193 g/mol. The van der Waals surface area contributed by atoms with Crippen molar-refractivity contribution in [3.05, 3.63) is 39.9 Å². The Balaban J connectivity index is 2.14. The molecule has 0 aliphatic carbocycles. The molecule has 1 aliphatic heterocycles. The number of rotatable bonds is 2. The van der Waals surface area contributed by atoms with Crippen LogP contribution in [-0.4, -0.2) is 10.9 Å². The van der Waals surface area contributed by atoms with Crippen molar-refractivity contribution < 1.29 is 14.5 Å². The first kappa shape index (κ1) is 8.68. The quantitative estimate of drug-likeness (QED) is 0.406. The lowest BCUT2D eigenvalue weighted by Gasteiger charge is -2.25. The molecule has 0 spiro atoms. The molecule has 0 saturated carbocycles. The summed E-state index contributed by atoms with van der Waals surface area (Å²) in [7, 11) is 0. The third-order valence-electron chi connectivity index (χ3n) is 2.10. The Morgan fingerprint density at radius 3 is 2.36 bits per heavy atom. The molecule has 5 nitrogen and oxygen atoms in total. The minimum absolute atomic E-state index is 0.0411. The van der Waals surface area contributed by atoms with Gasteiger partial charge in [-0.25, -0.2) is 0 Å². The zero-order valence-electron chi connectivity index (χ0n) is 7.17. The van der Waals surface area contributed by atoms with Crippen molar-refractivity contribution in [3.8, 4) is 0 Å². The Kier molecular flexibility index (Phi) is 1.92. The first-order valence-electron chi connectivity index (χ1n) is 4.10. The second-order valence-electron chi connectivity index (χ2n) is 3.03. The van der Waals surface area contributed by atoms with Gasteiger partial charge in [0.05, 0.1) is 11.3 Å². The number of cyclic esters (lactones) is 1. The maximum atomic E-state index is 10.5. The standard InChI is InChI=1S/C9H7NO4/c11-9-5-8(14-9)6-1-3-7(4-2-6)10(12)13/h1-4,8H,5H2/t8-/m1/s1. The Hall–Kier alpha value is -1.91. The predicted molar refractivity (Wildman–Crippen MR) is 46.5 cm³/mol. The molecule has 0 amide bonds. The van der Waals surface area contributed by atoms with Crippen molar-refractivity contribution in [2.24, 2.45) is 0 Å². The van der Waals surface area contributed by atoms with E-state index >= 15 is 0 Å². The van der Waals surface area contributed by atoms with E-state index in [-0.39, 0.29) is 17.8 Å². The number of nitrogens with zero attached hydrogens (tertiary/aromatic N) is 1. The van der Waals surface area contributed by atoms with Crippen LogP contribution in [0.2, 0.25) is 0 Å². The molecule has 1 saturated heterocycles. The molecule has 0 radical (unpaired) electrons. The van der Waals surface area contributed by atoms with Crippen LogP contribution in [0.1, 0.15) is 18.1 Å². The highest BCUT2D eigenvalue weighted by Crippen LogP contribution is 2.31. The van der Waals surface area contributed by atoms with Gasteiger partial charge in [0.1, 0.15) is 6.10 Å². The van der Waals surface area contributed by atoms with Crippen LogP contribution in [0.5, 0.6) is 0 Å². The zero-order chi connectivity index (χ0) is 10.1. The predicted octanol–water partition coefficient (Wildman–Crippen LogP) is 1.58. The van der Waals surface area contributed by atoms with Gasteiger partial charge >= 0.3 is 5.97 Å². The van der Waals surface area contributed by atoms with Crippen LogP contribution < -0.4 is 0 Å². The van der Waals surface area contributed by atoms with Gasteiger partial charge in [0.15, 0.2) is 0 Å². The summed E-state index contributed by atoms with van der Waals surface area (Å²) in [5, 5.41) is 10.3. The van der Waals surface area contributed by atoms with E-state index in [0.29, 0.717) is 6.42 Å². The van der Waals surface area contributed by atoms with E-state index in [1.54, 1.807) is 12.1 Å². The molecule has 1 heterocycles. The molecule has 1 aliphatic rings. The van der Waals surface area contributed by atoms with Gasteiger partial charge in [0, 0.05) is 12.1 Å². The van der Waals surface area contributed by atoms with Gasteiger partial charge in [-0.1, -0.05) is 0 Å². The van der Waals surface area contributed by atoms with E-state index in [1.165, 1.54) is 12.1 Å². The fourth-order valence-electron chi connectivity index (χ4n) is 1.30. The highest BCUT2D eigenvalue weighted by molar-refractivity contribution is 5.75. The first-order valence-corrected chi connectivity index (χ1v) is 4.10. The van der Waals surface area contributed by atoms with Gasteiger partial charge in [-0.05, 0) is 17.7 Å². The number of hydrogen-bond donors (Lipinski definition) is 0. The minimum atomic E-state index is -0.462. The molecule has 1 fully saturated rings. The van der Waals surface area contributed by atoms with Gasteiger partial charge in [0.2, 0.25) is 0 Å². The summed E-state index contributed by atoms with van der Waals surface area (Å²) in [6, 6.07) is 6.02. The average Bonchev–Trinajstić information content (AvgIpc) is 2.13. The number of nitro benzene ring substituents is 1. The number of benzene rings is 1. The van der Waals surface area contributed by atoms with Gasteiger partial charge in [-0.2, -0.15) is 0 Å². The molecule has 72 valence electrons. The molecule has 0 aromatic heterocycles. The maximum absolute atomic E-state index is 10.5. The smallest absolute Gasteiger partial charge is 0.310 e. The Morgan fingerprint density at radius 2 is 1.93 bits per heavy atom. The van der Waals surface area contributed by atoms with Crippen LogP contribution in [0.3, 0.4) is 0 Å². The Morgan fingerprint density at radius 1 is 1.36 bits per heavy atom. The highest BCUT2D eigenvalue weighted by atomic mass is 16.6. The molecule has 1 aromatic rings. The van der Waals surface area contributed by atoms with Crippen molar-refractivity contribution in [2.75, 3.05) is 0 Å². The number of non-ortho nitro benzene ring substituents is 1. The summed E-state index contributed by atoms with van der Waals surface area (Å²) < 4.78 is 4.82. The van der Waals surface area contributed by atoms with Gasteiger partial charge < -0.3 is 4.74 Å². The summed E-state index contributed by atoms with van der Waals surface area (Å²) in [6.45, 7) is 0. The van der Waals surface area contributed by atoms with Crippen LogP contribution >= 0.6 is 0 Å². The third-order valence-corrected chi connectivity index (χ3v) is 2.10. The van der Waals surface area contributed by atoms with E-state index in [1.807, 2.05) is 0 Å². The normalized spacial score (nSPS) is 19.7. The Bertz CT molecular complexity index is 376. The number of esters is 1. The minimum Gasteiger partial charge on any atom is -0.457 e. The molecule has 2 rings (SSSR count). The van der Waals surface area contributed by atoms with Crippen LogP contribution in [0.25, 0.3) is 0 Å². The van der Waals surface area contributed by atoms with Crippen molar-refractivity contribution in [3.63, 3.8) is 0 Å². The van der Waals surface area contributed by atoms with Crippen LogP contribution in [0.4, 0.5) is 5.69 Å². The third kappa shape index (κ3) is 1.44. The van der Waals surface area contributed by atoms with Crippen molar-refractivity contribution in [1.29, 1.82) is 0 Å². The van der Waals surface area contributed by atoms with Gasteiger partial charge in [-0.15, -0.1) is 0 Å². The number of ether oxygens (including phenoxy) is 1. The average molecular weight is 193 g/mol. The molecule has 1 aromatic carbocycles. The molecule has 0 bridgehead atoms. The van der Waals surface area contributed by atoms with Crippen LogP contribution in [0, 0.1) is 10.1 Å². The molecular formula is C9H7NO4. The molecule has 0 unspecified atom stereocenters. The van der Waals surface area contributed by atoms with Crippen LogP contribution in [0.15, 0.2) is 24.3 Å². The largest absolute Gasteiger partial charge is 0.457 e. The summed E-state index contributed by atoms with van der Waals surface area (Å²) >= 11 is 0. The van der Waals surface area contributed by atoms with Crippen LogP contribution in [-0.2, 0) is 9.53 Å². The van der Waals surface area contributed by atoms with E-state index in [4.69, 9.17) is 4.74 Å². The Labute approximate surface area is 79.4 Å². The van der Waals surface area contributed by atoms with Crippen molar-refractivity contribution in [2.45, 2.75) is 12.5 Å². The van der Waals surface area contributed by atoms with Crippen molar-refractivity contribution in [1.82, 2.24) is 0 Å². The topological polar surface area (TPSA) is 69.4 Å². The molecule has 14 heavy (non-hydrogen) atoms. The lowest BCUT2D eigenvalue weighted by Crippen LogP contribution is -2.24. The molecule has 0 N–H and O–H groups in total. The second kappa shape index (κ2) is 3.10. The van der Waals surface area contributed by atoms with Crippen molar-refractivity contribution >= 4 is 11.7 Å². The van der Waals surface area contributed by atoms with E-state index in [2.05, 4.69) is 0 Å². The lowest BCUT2D eigenvalue weighted by atomic mass is 10.0. The molecule has 5 heteroatoms. The number of carbonyl (C=O) groups is 1. The van der Waals surface area contributed by atoms with E-state index in [0.717, 1.165) is 5.56 Å². The second-order valence-corrected chi connectivity index (χ2v) is 3.03. The van der Waals surface area contributed by atoms with Gasteiger partial charge in [0.25, 0.3) is 5.69 Å². The van der Waals surface area contributed by atoms with Gasteiger partial charge in [-0.3, -0.25) is 14.9 Å². The number of nitro groups is 1. The summed E-state index contributed by atoms with van der Waals surface area (Å²) in [5.74, 6) is -0.228. The fraction of sp³-hybridized carbons (Fsp3) is 0.222. The van der Waals surface area contributed by atoms with E-state index in [9.17, 15) is 14.9 Å². The molecule has 1 atom stereocenters. The summed E-state index contributed by atoms with van der Waals surface area (Å²) in [6.07, 6.45) is 0.140. The summed E-state index contributed by atoms with van der Waals surface area (Å²) in [5.41, 5.74) is 0.842. The number of hydrogen-bond acceptors (Lipinski definition) is 4. The zero-order valence-corrected chi connectivity index (χ0v) is 7.17. The number of carbonyl (C=O) groups excluding carboxylic acids is 1. The van der Waals surface area contributed by atoms with E-state index < -0.39 is 4.92 Å². The lowest BCUT2D eigenvalue weighted by molar-refractivity contribution is -0.384. The fourth-order valence-corrected chi connectivity index (χ4v) is 1.30. The molecular weight excluding hydrogens is 186 g/mol. The first-order chi connectivity index (χ1) is 6.66. The summed E-state index contributed by atoms with van der Waals surface area (Å²) in [4.78, 5) is 20.4. The SMILES string of the molecule is O=C1C[C@H](c2ccc([N+](=O)[O-])cc2)O1.